The Balaban J connectivity index is 2.21. The Morgan fingerprint density at radius 1 is 1.35 bits per heavy atom. The van der Waals surface area contributed by atoms with Crippen LogP contribution < -0.4 is 0 Å². The SMILES string of the molecule is CC1(C(=O)C=[N+]=[N-])C(=O)[C@H]2CCCCCC[C@H]21. The average Bonchev–Trinajstić information content (AvgIpc) is 2.28. The average molecular weight is 234 g/mol. The van der Waals surface area contributed by atoms with Crippen molar-refractivity contribution in [2.45, 2.75) is 45.4 Å². The molecule has 2 saturated carbocycles. The molecule has 0 aromatic rings. The van der Waals surface area contributed by atoms with E-state index in [2.05, 4.69) is 4.79 Å². The first-order chi connectivity index (χ1) is 8.12. The van der Waals surface area contributed by atoms with Crippen LogP contribution in [0.25, 0.3) is 5.53 Å². The quantitative estimate of drug-likeness (QED) is 0.317. The molecule has 3 atom stereocenters. The third-order valence-electron chi connectivity index (χ3n) is 4.54. The predicted octanol–water partition coefficient (Wildman–Crippen LogP) is 2.03. The molecule has 17 heavy (non-hydrogen) atoms. The molecule has 4 heteroatoms. The maximum atomic E-state index is 12.1. The number of carbonyl (C=O) groups is 2. The van der Waals surface area contributed by atoms with E-state index in [9.17, 15) is 9.59 Å². The Morgan fingerprint density at radius 2 is 2.00 bits per heavy atom. The van der Waals surface area contributed by atoms with Crippen molar-refractivity contribution in [3.63, 3.8) is 0 Å². The van der Waals surface area contributed by atoms with E-state index in [0.29, 0.717) is 0 Å². The van der Waals surface area contributed by atoms with E-state index in [1.807, 2.05) is 0 Å². The first kappa shape index (κ1) is 12.2. The molecule has 4 nitrogen and oxygen atoms in total. The number of carbonyl (C=O) groups excluding carboxylic acids is 2. The lowest BCUT2D eigenvalue weighted by atomic mass is 9.49. The maximum Gasteiger partial charge on any atom is 0.324 e. The minimum absolute atomic E-state index is 0.0503. The molecule has 0 N–H and O–H groups in total. The molecule has 0 spiro atoms. The second-order valence-corrected chi connectivity index (χ2v) is 5.38. The van der Waals surface area contributed by atoms with Gasteiger partial charge < -0.3 is 5.53 Å². The second-order valence-electron chi connectivity index (χ2n) is 5.38. The van der Waals surface area contributed by atoms with Gasteiger partial charge in [-0.2, -0.15) is 4.79 Å². The van der Waals surface area contributed by atoms with Crippen molar-refractivity contribution >= 4 is 17.8 Å². The van der Waals surface area contributed by atoms with Crippen LogP contribution in [-0.4, -0.2) is 22.6 Å². The van der Waals surface area contributed by atoms with E-state index in [1.54, 1.807) is 6.92 Å². The number of ketones is 2. The van der Waals surface area contributed by atoms with E-state index >= 15 is 0 Å². The van der Waals surface area contributed by atoms with Gasteiger partial charge in [-0.1, -0.05) is 25.7 Å². The van der Waals surface area contributed by atoms with Crippen molar-refractivity contribution in [1.82, 2.24) is 0 Å². The van der Waals surface area contributed by atoms with Crippen LogP contribution in [0.1, 0.15) is 45.4 Å². The van der Waals surface area contributed by atoms with Gasteiger partial charge in [0.25, 0.3) is 0 Å². The smallest absolute Gasteiger partial charge is 0.324 e. The molecule has 0 amide bonds. The lowest BCUT2D eigenvalue weighted by Crippen LogP contribution is -2.60. The standard InChI is InChI=1S/C13H18N2O2/c1-13(11(16)8-15-14)10-7-5-3-2-4-6-9(10)12(13)17/h8-10H,2-7H2,1H3/t9-,10+,13?/m0/s1. The number of fused-ring (bicyclic) bond motifs is 1. The molecule has 1 unspecified atom stereocenters. The van der Waals surface area contributed by atoms with Crippen LogP contribution in [0.3, 0.4) is 0 Å². The largest absolute Gasteiger partial charge is 0.361 e. The van der Waals surface area contributed by atoms with Gasteiger partial charge in [0.1, 0.15) is 5.78 Å². The van der Waals surface area contributed by atoms with Crippen LogP contribution in [0, 0.1) is 17.3 Å². The van der Waals surface area contributed by atoms with Gasteiger partial charge in [-0.05, 0) is 25.7 Å². The van der Waals surface area contributed by atoms with E-state index in [1.165, 1.54) is 12.8 Å². The minimum atomic E-state index is -0.922. The predicted molar refractivity (Wildman–Crippen MR) is 62.5 cm³/mol. The van der Waals surface area contributed by atoms with E-state index in [-0.39, 0.29) is 23.4 Å². The zero-order chi connectivity index (χ0) is 12.5. The highest BCUT2D eigenvalue weighted by Crippen LogP contribution is 2.53. The van der Waals surface area contributed by atoms with Crippen LogP contribution in [0.5, 0.6) is 0 Å². The summed E-state index contributed by atoms with van der Waals surface area (Å²) in [7, 11) is 0. The zero-order valence-corrected chi connectivity index (χ0v) is 10.2. The molecular formula is C13H18N2O2. The number of nitrogens with zero attached hydrogens (tertiary/aromatic N) is 2. The molecule has 0 aromatic carbocycles. The summed E-state index contributed by atoms with van der Waals surface area (Å²) in [5.41, 5.74) is 7.52. The number of Topliss-reactive ketones (excluding diaryl/α,β-unsaturated/α-hetero) is 2. The molecule has 92 valence electrons. The fraction of sp³-hybridized carbons (Fsp3) is 0.769. The highest BCUT2D eigenvalue weighted by molar-refractivity contribution is 6.35. The second kappa shape index (κ2) is 4.53. The molecule has 0 heterocycles. The van der Waals surface area contributed by atoms with Crippen molar-refractivity contribution in [3.8, 4) is 0 Å². The van der Waals surface area contributed by atoms with Gasteiger partial charge in [-0.3, -0.25) is 9.59 Å². The Hall–Kier alpha value is -1.28. The molecule has 2 aliphatic carbocycles. The molecule has 0 saturated heterocycles. The van der Waals surface area contributed by atoms with Gasteiger partial charge in [-0.25, -0.2) is 0 Å². The van der Waals surface area contributed by atoms with Crippen molar-refractivity contribution < 1.29 is 14.4 Å². The van der Waals surface area contributed by atoms with Gasteiger partial charge in [0, 0.05) is 5.92 Å². The number of hydrogen-bond acceptors (Lipinski definition) is 2. The topological polar surface area (TPSA) is 70.5 Å². The summed E-state index contributed by atoms with van der Waals surface area (Å²) in [6.45, 7) is 1.71. The highest BCUT2D eigenvalue weighted by atomic mass is 16.2. The summed E-state index contributed by atoms with van der Waals surface area (Å²) in [5, 5.41) is 0. The molecule has 0 aromatic heterocycles. The number of hydrogen-bond donors (Lipinski definition) is 0. The summed E-state index contributed by atoms with van der Waals surface area (Å²) in [6.07, 6.45) is 7.31. The fourth-order valence-corrected chi connectivity index (χ4v) is 3.45. The molecular weight excluding hydrogens is 216 g/mol. The molecule has 0 radical (unpaired) electrons. The van der Waals surface area contributed by atoms with Crippen molar-refractivity contribution in [2.75, 3.05) is 0 Å². The van der Waals surface area contributed by atoms with Gasteiger partial charge in [-0.15, -0.1) is 0 Å². The molecule has 2 fully saturated rings. The molecule has 0 bridgehead atoms. The van der Waals surface area contributed by atoms with E-state index in [0.717, 1.165) is 31.9 Å². The highest BCUT2D eigenvalue weighted by Gasteiger charge is 2.62. The van der Waals surface area contributed by atoms with Crippen LogP contribution in [-0.2, 0) is 9.59 Å². The van der Waals surface area contributed by atoms with Crippen molar-refractivity contribution in [2.24, 2.45) is 17.3 Å². The Bertz CT molecular complexity index is 398. The summed E-state index contributed by atoms with van der Waals surface area (Å²) in [6, 6.07) is 0. The fourth-order valence-electron chi connectivity index (χ4n) is 3.45. The molecule has 0 aliphatic heterocycles. The van der Waals surface area contributed by atoms with Crippen molar-refractivity contribution in [1.29, 1.82) is 0 Å². The van der Waals surface area contributed by atoms with Crippen LogP contribution in [0.2, 0.25) is 0 Å². The van der Waals surface area contributed by atoms with Gasteiger partial charge in [0.2, 0.25) is 5.78 Å². The Kier molecular flexibility index (Phi) is 3.25. The third kappa shape index (κ3) is 1.77. The molecule has 2 rings (SSSR count). The van der Waals surface area contributed by atoms with Gasteiger partial charge >= 0.3 is 6.21 Å². The first-order valence-corrected chi connectivity index (χ1v) is 6.38. The Labute approximate surface area is 101 Å². The lowest BCUT2D eigenvalue weighted by Gasteiger charge is -2.50. The Morgan fingerprint density at radius 3 is 2.65 bits per heavy atom. The zero-order valence-electron chi connectivity index (χ0n) is 10.2. The van der Waals surface area contributed by atoms with Crippen LogP contribution in [0.4, 0.5) is 0 Å². The number of rotatable bonds is 2. The molecule has 2 aliphatic rings. The minimum Gasteiger partial charge on any atom is -0.361 e. The van der Waals surface area contributed by atoms with Gasteiger partial charge in [0.05, 0.1) is 5.41 Å². The normalized spacial score (nSPS) is 36.9. The van der Waals surface area contributed by atoms with Crippen LogP contribution in [0.15, 0.2) is 0 Å². The maximum absolute atomic E-state index is 12.1. The van der Waals surface area contributed by atoms with Gasteiger partial charge in [0.15, 0.2) is 0 Å². The third-order valence-corrected chi connectivity index (χ3v) is 4.54. The summed E-state index contributed by atoms with van der Waals surface area (Å²) in [4.78, 5) is 26.8. The lowest BCUT2D eigenvalue weighted by molar-refractivity contribution is -0.163. The van der Waals surface area contributed by atoms with E-state index < -0.39 is 5.41 Å². The first-order valence-electron chi connectivity index (χ1n) is 6.38. The summed E-state index contributed by atoms with van der Waals surface area (Å²) < 4.78 is 0. The summed E-state index contributed by atoms with van der Waals surface area (Å²) in [5.74, 6) is -0.0710. The monoisotopic (exact) mass is 234 g/mol. The van der Waals surface area contributed by atoms with Crippen LogP contribution >= 0.6 is 0 Å². The summed E-state index contributed by atoms with van der Waals surface area (Å²) >= 11 is 0. The van der Waals surface area contributed by atoms with Crippen molar-refractivity contribution in [3.05, 3.63) is 5.53 Å². The van der Waals surface area contributed by atoms with E-state index in [4.69, 9.17) is 5.53 Å².